The molecule has 1 aliphatic heterocycles. The van der Waals surface area contributed by atoms with Crippen molar-refractivity contribution in [1.82, 2.24) is 0 Å². The molecular formula is C16H25ClN2O2. The van der Waals surface area contributed by atoms with Gasteiger partial charge in [0.25, 0.3) is 0 Å². The Balaban J connectivity index is 2.11. The van der Waals surface area contributed by atoms with Gasteiger partial charge in [0.05, 0.1) is 10.7 Å². The minimum absolute atomic E-state index is 0.0826. The molecule has 1 aromatic rings. The van der Waals surface area contributed by atoms with E-state index in [1.54, 1.807) is 14.2 Å². The molecule has 2 N–H and O–H groups in total. The first-order valence-corrected chi connectivity index (χ1v) is 7.81. The van der Waals surface area contributed by atoms with E-state index in [2.05, 4.69) is 24.0 Å². The zero-order chi connectivity index (χ0) is 15.4. The smallest absolute Gasteiger partial charge is 0.102 e. The van der Waals surface area contributed by atoms with E-state index < -0.39 is 0 Å². The summed E-state index contributed by atoms with van der Waals surface area (Å²) in [5.41, 5.74) is 8.22. The van der Waals surface area contributed by atoms with Crippen LogP contribution in [0.1, 0.15) is 18.9 Å². The number of benzene rings is 1. The lowest BCUT2D eigenvalue weighted by Gasteiger charge is -2.20. The van der Waals surface area contributed by atoms with Crippen molar-refractivity contribution in [2.75, 3.05) is 32.2 Å². The van der Waals surface area contributed by atoms with Crippen molar-refractivity contribution in [2.45, 2.75) is 38.0 Å². The third kappa shape index (κ3) is 3.89. The van der Waals surface area contributed by atoms with Gasteiger partial charge in [0.15, 0.2) is 0 Å². The highest BCUT2D eigenvalue weighted by molar-refractivity contribution is 6.33. The van der Waals surface area contributed by atoms with Gasteiger partial charge in [0, 0.05) is 33.4 Å². The van der Waals surface area contributed by atoms with Gasteiger partial charge in [-0.2, -0.15) is 0 Å². The number of methoxy groups -OCH3 is 2. The van der Waals surface area contributed by atoms with Crippen molar-refractivity contribution >= 4 is 17.3 Å². The Morgan fingerprint density at radius 3 is 2.38 bits per heavy atom. The van der Waals surface area contributed by atoms with Crippen LogP contribution in [0.3, 0.4) is 0 Å². The number of ether oxygens (including phenoxy) is 2. The monoisotopic (exact) mass is 312 g/mol. The van der Waals surface area contributed by atoms with Crippen LogP contribution in [0.15, 0.2) is 18.2 Å². The lowest BCUT2D eigenvalue weighted by atomic mass is 10.0. The van der Waals surface area contributed by atoms with Crippen LogP contribution in [0.5, 0.6) is 0 Å². The SMILES string of the molecule is CCC(N)Cc1ccc(N2CC(OC)C(OC)C2)c(Cl)c1. The first-order chi connectivity index (χ1) is 10.1. The second-order valence-electron chi connectivity index (χ2n) is 5.61. The molecular weight excluding hydrogens is 288 g/mol. The van der Waals surface area contributed by atoms with Crippen LogP contribution in [-0.4, -0.2) is 45.6 Å². The average molecular weight is 313 g/mol. The summed E-state index contributed by atoms with van der Waals surface area (Å²) in [6.45, 7) is 3.69. The lowest BCUT2D eigenvalue weighted by Crippen LogP contribution is -2.27. The molecule has 0 aromatic heterocycles. The number of halogens is 1. The fourth-order valence-corrected chi connectivity index (χ4v) is 3.10. The Morgan fingerprint density at radius 1 is 1.29 bits per heavy atom. The summed E-state index contributed by atoms with van der Waals surface area (Å²) in [6, 6.07) is 6.40. The van der Waals surface area contributed by atoms with Gasteiger partial charge in [-0.25, -0.2) is 0 Å². The molecule has 3 unspecified atom stereocenters. The predicted molar refractivity (Wildman–Crippen MR) is 87.2 cm³/mol. The minimum atomic E-state index is 0.0826. The third-order valence-electron chi connectivity index (χ3n) is 4.20. The first kappa shape index (κ1) is 16.6. The molecule has 1 aliphatic rings. The zero-order valence-corrected chi connectivity index (χ0v) is 13.8. The normalized spacial score (nSPS) is 23.6. The lowest BCUT2D eigenvalue weighted by molar-refractivity contribution is -0.00461. The van der Waals surface area contributed by atoms with Gasteiger partial charge in [-0.15, -0.1) is 0 Å². The molecule has 0 saturated carbocycles. The summed E-state index contributed by atoms with van der Waals surface area (Å²) in [4.78, 5) is 2.22. The Hall–Kier alpha value is -0.810. The molecule has 21 heavy (non-hydrogen) atoms. The van der Waals surface area contributed by atoms with Crippen LogP contribution >= 0.6 is 11.6 Å². The molecule has 1 saturated heterocycles. The maximum Gasteiger partial charge on any atom is 0.102 e. The minimum Gasteiger partial charge on any atom is -0.377 e. The summed E-state index contributed by atoms with van der Waals surface area (Å²) in [6.07, 6.45) is 1.99. The molecule has 0 spiro atoms. The molecule has 5 heteroatoms. The summed E-state index contributed by atoms with van der Waals surface area (Å²) in [5, 5.41) is 0.766. The molecule has 1 heterocycles. The van der Waals surface area contributed by atoms with Crippen molar-refractivity contribution in [3.8, 4) is 0 Å². The number of nitrogens with two attached hydrogens (primary N) is 1. The van der Waals surface area contributed by atoms with E-state index in [4.69, 9.17) is 26.8 Å². The number of nitrogens with zero attached hydrogens (tertiary/aromatic N) is 1. The summed E-state index contributed by atoms with van der Waals surface area (Å²) in [7, 11) is 3.44. The molecule has 4 nitrogen and oxygen atoms in total. The van der Waals surface area contributed by atoms with E-state index in [1.165, 1.54) is 5.56 Å². The van der Waals surface area contributed by atoms with Crippen LogP contribution in [0.4, 0.5) is 5.69 Å². The Labute approximate surface area is 132 Å². The van der Waals surface area contributed by atoms with Gasteiger partial charge in [0.1, 0.15) is 12.2 Å². The maximum atomic E-state index is 6.45. The van der Waals surface area contributed by atoms with E-state index in [0.717, 1.165) is 36.6 Å². The van der Waals surface area contributed by atoms with E-state index in [1.807, 2.05) is 6.07 Å². The topological polar surface area (TPSA) is 47.7 Å². The predicted octanol–water partition coefficient (Wildman–Crippen LogP) is 2.47. The van der Waals surface area contributed by atoms with Crippen LogP contribution in [0, 0.1) is 0 Å². The Morgan fingerprint density at radius 2 is 1.90 bits per heavy atom. The first-order valence-electron chi connectivity index (χ1n) is 7.43. The Bertz CT molecular complexity index is 458. The summed E-state index contributed by atoms with van der Waals surface area (Å²) in [5.74, 6) is 0. The highest BCUT2D eigenvalue weighted by Gasteiger charge is 2.33. The van der Waals surface area contributed by atoms with Crippen LogP contribution < -0.4 is 10.6 Å². The van der Waals surface area contributed by atoms with Gasteiger partial charge in [-0.05, 0) is 30.5 Å². The van der Waals surface area contributed by atoms with E-state index in [9.17, 15) is 0 Å². The van der Waals surface area contributed by atoms with Crippen molar-refractivity contribution < 1.29 is 9.47 Å². The number of rotatable bonds is 6. The molecule has 0 amide bonds. The van der Waals surface area contributed by atoms with E-state index in [-0.39, 0.29) is 18.2 Å². The van der Waals surface area contributed by atoms with Gasteiger partial charge in [-0.3, -0.25) is 0 Å². The van der Waals surface area contributed by atoms with Crippen LogP contribution in [0.25, 0.3) is 0 Å². The largest absolute Gasteiger partial charge is 0.377 e. The second kappa shape index (κ2) is 7.45. The molecule has 2 rings (SSSR count). The Kier molecular flexibility index (Phi) is 5.88. The summed E-state index contributed by atoms with van der Waals surface area (Å²) < 4.78 is 10.9. The van der Waals surface area contributed by atoms with Gasteiger partial charge in [-0.1, -0.05) is 24.6 Å². The van der Waals surface area contributed by atoms with Gasteiger partial charge >= 0.3 is 0 Å². The van der Waals surface area contributed by atoms with E-state index in [0.29, 0.717) is 0 Å². The highest BCUT2D eigenvalue weighted by Crippen LogP contribution is 2.31. The second-order valence-corrected chi connectivity index (χ2v) is 6.02. The standard InChI is InChI=1S/C16H25ClN2O2/c1-4-12(18)7-11-5-6-14(13(17)8-11)19-9-15(20-2)16(10-19)21-3/h5-6,8,12,15-16H,4,7,9-10,18H2,1-3H3. The highest BCUT2D eigenvalue weighted by atomic mass is 35.5. The molecule has 3 atom stereocenters. The van der Waals surface area contributed by atoms with Crippen molar-refractivity contribution in [3.05, 3.63) is 28.8 Å². The van der Waals surface area contributed by atoms with E-state index >= 15 is 0 Å². The van der Waals surface area contributed by atoms with Crippen molar-refractivity contribution in [1.29, 1.82) is 0 Å². The third-order valence-corrected chi connectivity index (χ3v) is 4.50. The quantitative estimate of drug-likeness (QED) is 0.876. The molecule has 1 aromatic carbocycles. The van der Waals surface area contributed by atoms with Crippen LogP contribution in [0.2, 0.25) is 5.02 Å². The zero-order valence-electron chi connectivity index (χ0n) is 13.0. The van der Waals surface area contributed by atoms with Gasteiger partial charge < -0.3 is 20.1 Å². The molecule has 118 valence electrons. The fraction of sp³-hybridized carbons (Fsp3) is 0.625. The van der Waals surface area contributed by atoms with Crippen molar-refractivity contribution in [3.63, 3.8) is 0 Å². The fourth-order valence-electron chi connectivity index (χ4n) is 2.77. The number of hydrogen-bond acceptors (Lipinski definition) is 4. The average Bonchev–Trinajstić information content (AvgIpc) is 2.90. The summed E-state index contributed by atoms with van der Waals surface area (Å²) >= 11 is 6.45. The van der Waals surface area contributed by atoms with Crippen molar-refractivity contribution in [2.24, 2.45) is 5.73 Å². The number of anilines is 1. The molecule has 0 radical (unpaired) electrons. The maximum absolute atomic E-state index is 6.45. The van der Waals surface area contributed by atoms with Gasteiger partial charge in [0.2, 0.25) is 0 Å². The molecule has 0 bridgehead atoms. The number of hydrogen-bond donors (Lipinski definition) is 1. The molecule has 1 fully saturated rings. The van der Waals surface area contributed by atoms with Crippen LogP contribution in [-0.2, 0) is 15.9 Å². The molecule has 0 aliphatic carbocycles.